The molecule has 8 heteroatoms. The molecule has 27 heavy (non-hydrogen) atoms. The molecule has 1 amide bonds. The fourth-order valence-electron chi connectivity index (χ4n) is 2.98. The maximum Gasteiger partial charge on any atom is 0.454 e. The Kier molecular flexibility index (Phi) is 4.61. The Hall–Kier alpha value is -2.64. The first kappa shape index (κ1) is 19.1. The zero-order chi connectivity index (χ0) is 19.9. The van der Waals surface area contributed by atoms with Crippen molar-refractivity contribution in [2.75, 3.05) is 7.05 Å². The van der Waals surface area contributed by atoms with Crippen molar-refractivity contribution in [3.8, 4) is 11.5 Å². The van der Waals surface area contributed by atoms with Crippen LogP contribution in [0.2, 0.25) is 0 Å². The molecule has 0 atom stereocenters. The van der Waals surface area contributed by atoms with E-state index in [4.69, 9.17) is 4.74 Å². The molecule has 2 aromatic carbocycles. The van der Waals surface area contributed by atoms with Crippen molar-refractivity contribution >= 4 is 5.91 Å². The van der Waals surface area contributed by atoms with E-state index in [0.717, 1.165) is 0 Å². The zero-order valence-electron chi connectivity index (χ0n) is 14.2. The Balaban J connectivity index is 1.76. The Morgan fingerprint density at radius 2 is 1.41 bits per heavy atom. The molecular weight excluding hydrogens is 369 g/mol. The normalized spacial score (nSPS) is 15.9. The van der Waals surface area contributed by atoms with Gasteiger partial charge in [0.25, 0.3) is 5.91 Å². The zero-order valence-corrected chi connectivity index (χ0v) is 14.2. The van der Waals surface area contributed by atoms with Crippen LogP contribution in [0.4, 0.5) is 22.0 Å². The number of hydrogen-bond donors (Lipinski definition) is 1. The number of halogens is 5. The number of amides is 1. The summed E-state index contributed by atoms with van der Waals surface area (Å²) in [5.41, 5.74) is -1.82. The van der Waals surface area contributed by atoms with Gasteiger partial charge in [0.05, 0.1) is 5.41 Å². The van der Waals surface area contributed by atoms with Crippen molar-refractivity contribution in [1.82, 2.24) is 5.32 Å². The molecule has 1 N–H and O–H groups in total. The lowest BCUT2D eigenvalue weighted by molar-refractivity contribution is -0.296. The van der Waals surface area contributed by atoms with Crippen LogP contribution in [0.5, 0.6) is 11.5 Å². The third-order valence-corrected chi connectivity index (χ3v) is 4.69. The number of rotatable bonds is 5. The molecule has 0 saturated heterocycles. The third-order valence-electron chi connectivity index (χ3n) is 4.69. The first-order valence-corrected chi connectivity index (χ1v) is 8.16. The summed E-state index contributed by atoms with van der Waals surface area (Å²) >= 11 is 0. The van der Waals surface area contributed by atoms with Crippen LogP contribution >= 0.6 is 0 Å². The lowest BCUT2D eigenvalue weighted by Gasteiger charge is -2.29. The summed E-state index contributed by atoms with van der Waals surface area (Å²) in [6.07, 6.45) is -6.04. The predicted octanol–water partition coefficient (Wildman–Crippen LogP) is 5.07. The molecule has 1 saturated carbocycles. The van der Waals surface area contributed by atoms with Gasteiger partial charge in [-0.2, -0.15) is 22.0 Å². The van der Waals surface area contributed by atoms with Crippen LogP contribution in [0, 0.1) is 0 Å². The molecule has 144 valence electrons. The van der Waals surface area contributed by atoms with Crippen LogP contribution in [0.25, 0.3) is 0 Å². The summed E-state index contributed by atoms with van der Waals surface area (Å²) in [5.74, 6) is -4.35. The number of hydrogen-bond acceptors (Lipinski definition) is 2. The first-order chi connectivity index (χ1) is 12.6. The highest BCUT2D eigenvalue weighted by Gasteiger charge is 2.75. The van der Waals surface area contributed by atoms with Crippen LogP contribution < -0.4 is 10.1 Å². The molecule has 0 aromatic heterocycles. The summed E-state index contributed by atoms with van der Waals surface area (Å²) in [5, 5.41) is 2.48. The van der Waals surface area contributed by atoms with Crippen LogP contribution in [0.3, 0.4) is 0 Å². The first-order valence-electron chi connectivity index (χ1n) is 8.16. The molecule has 0 bridgehead atoms. The lowest BCUT2D eigenvalue weighted by atomic mass is 9.88. The second-order valence-electron chi connectivity index (χ2n) is 6.38. The maximum absolute atomic E-state index is 13.8. The number of carbonyl (C=O) groups excluding carboxylic acids is 1. The Bertz CT molecular complexity index is 825. The van der Waals surface area contributed by atoms with Crippen molar-refractivity contribution in [3.05, 3.63) is 59.7 Å². The highest BCUT2D eigenvalue weighted by Crippen LogP contribution is 2.63. The van der Waals surface area contributed by atoms with Gasteiger partial charge in [-0.15, -0.1) is 0 Å². The number of carbonyl (C=O) groups is 1. The Morgan fingerprint density at radius 3 is 1.81 bits per heavy atom. The van der Waals surface area contributed by atoms with Crippen molar-refractivity contribution in [3.63, 3.8) is 0 Å². The van der Waals surface area contributed by atoms with Gasteiger partial charge in [-0.1, -0.05) is 12.1 Å². The van der Waals surface area contributed by atoms with E-state index in [9.17, 15) is 26.7 Å². The Morgan fingerprint density at radius 1 is 0.926 bits per heavy atom. The van der Waals surface area contributed by atoms with Crippen LogP contribution in [-0.4, -0.2) is 25.1 Å². The van der Waals surface area contributed by atoms with Crippen LogP contribution in [0.15, 0.2) is 48.5 Å². The van der Waals surface area contributed by atoms with Gasteiger partial charge >= 0.3 is 12.1 Å². The summed E-state index contributed by atoms with van der Waals surface area (Å²) in [6, 6.07) is 11.4. The number of benzene rings is 2. The highest BCUT2D eigenvalue weighted by molar-refractivity contribution is 5.94. The average Bonchev–Trinajstić information content (AvgIpc) is 3.44. The predicted molar refractivity (Wildman–Crippen MR) is 88.3 cm³/mol. The van der Waals surface area contributed by atoms with E-state index in [1.165, 1.54) is 31.3 Å². The number of ether oxygens (including phenoxy) is 1. The fraction of sp³-hybridized carbons (Fsp3) is 0.316. The maximum atomic E-state index is 13.8. The SMILES string of the molecule is CNC(=O)c1ccc(Oc2ccc(C3(C(F)(F)C(F)(F)F)CC3)cc2)cc1. The fourth-order valence-corrected chi connectivity index (χ4v) is 2.98. The molecular formula is C19H16F5NO2. The van der Waals surface area contributed by atoms with Gasteiger partial charge in [-0.05, 0) is 54.8 Å². The van der Waals surface area contributed by atoms with Crippen LogP contribution in [-0.2, 0) is 5.41 Å². The largest absolute Gasteiger partial charge is 0.457 e. The molecule has 0 aliphatic heterocycles. The van der Waals surface area contributed by atoms with Gasteiger partial charge in [0, 0.05) is 12.6 Å². The van der Waals surface area contributed by atoms with Gasteiger partial charge < -0.3 is 10.1 Å². The summed E-state index contributed by atoms with van der Waals surface area (Å²) < 4.78 is 71.4. The quantitative estimate of drug-likeness (QED) is 0.730. The minimum Gasteiger partial charge on any atom is -0.457 e. The van der Waals surface area contributed by atoms with Crippen molar-refractivity contribution < 1.29 is 31.5 Å². The molecule has 1 fully saturated rings. The van der Waals surface area contributed by atoms with Crippen molar-refractivity contribution in [2.24, 2.45) is 0 Å². The molecule has 3 rings (SSSR count). The second-order valence-corrected chi connectivity index (χ2v) is 6.38. The highest BCUT2D eigenvalue weighted by atomic mass is 19.4. The van der Waals surface area contributed by atoms with E-state index in [-0.39, 0.29) is 30.1 Å². The molecule has 0 unspecified atom stereocenters. The van der Waals surface area contributed by atoms with Gasteiger partial charge in [0.15, 0.2) is 0 Å². The smallest absolute Gasteiger partial charge is 0.454 e. The second kappa shape index (κ2) is 6.51. The molecule has 2 aromatic rings. The van der Waals surface area contributed by atoms with E-state index in [0.29, 0.717) is 11.3 Å². The molecule has 1 aliphatic carbocycles. The topological polar surface area (TPSA) is 38.3 Å². The average molecular weight is 385 g/mol. The van der Waals surface area contributed by atoms with Crippen molar-refractivity contribution in [2.45, 2.75) is 30.4 Å². The lowest BCUT2D eigenvalue weighted by Crippen LogP contribution is -2.47. The van der Waals surface area contributed by atoms with Gasteiger partial charge in [0.1, 0.15) is 11.5 Å². The van der Waals surface area contributed by atoms with Crippen LogP contribution in [0.1, 0.15) is 28.8 Å². The third kappa shape index (κ3) is 3.36. The summed E-state index contributed by atoms with van der Waals surface area (Å²) in [7, 11) is 1.50. The van der Waals surface area contributed by atoms with E-state index in [1.807, 2.05) is 0 Å². The van der Waals surface area contributed by atoms with E-state index >= 15 is 0 Å². The van der Waals surface area contributed by atoms with Gasteiger partial charge in [-0.3, -0.25) is 4.79 Å². The van der Waals surface area contributed by atoms with Gasteiger partial charge in [0.2, 0.25) is 0 Å². The van der Waals surface area contributed by atoms with E-state index in [1.54, 1.807) is 24.3 Å². The molecule has 3 nitrogen and oxygen atoms in total. The number of alkyl halides is 5. The monoisotopic (exact) mass is 385 g/mol. The molecule has 0 radical (unpaired) electrons. The number of nitrogens with one attached hydrogen (secondary N) is 1. The summed E-state index contributed by atoms with van der Waals surface area (Å²) in [4.78, 5) is 11.5. The standard InChI is InChI=1S/C19H16F5NO2/c1-25-16(26)12-2-6-14(7-3-12)27-15-8-4-13(5-9-15)17(10-11-17)18(20,21)19(22,23)24/h2-9H,10-11H2,1H3,(H,25,26). The molecule has 1 aliphatic rings. The summed E-state index contributed by atoms with van der Waals surface area (Å²) in [6.45, 7) is 0. The van der Waals surface area contributed by atoms with Crippen molar-refractivity contribution in [1.29, 1.82) is 0 Å². The van der Waals surface area contributed by atoms with E-state index < -0.39 is 17.5 Å². The molecule has 0 heterocycles. The molecule has 0 spiro atoms. The van der Waals surface area contributed by atoms with Gasteiger partial charge in [-0.25, -0.2) is 0 Å². The Labute approximate surface area is 152 Å². The van der Waals surface area contributed by atoms with E-state index in [2.05, 4.69) is 5.32 Å². The minimum atomic E-state index is -5.59. The minimum absolute atomic E-state index is 0.0628.